The zero-order valence-corrected chi connectivity index (χ0v) is 9.86. The second-order valence-corrected chi connectivity index (χ2v) is 5.32. The van der Waals surface area contributed by atoms with Crippen LogP contribution >= 0.6 is 0 Å². The van der Waals surface area contributed by atoms with Crippen molar-refractivity contribution in [2.75, 3.05) is 5.32 Å². The Morgan fingerprint density at radius 2 is 2.24 bits per heavy atom. The highest BCUT2D eigenvalue weighted by Gasteiger charge is 2.48. The lowest BCUT2D eigenvalue weighted by atomic mass is 9.65. The molecule has 1 saturated carbocycles. The average molecular weight is 230 g/mol. The zero-order chi connectivity index (χ0) is 11.9. The third-order valence-corrected chi connectivity index (χ3v) is 4.33. The molecular formula is C14H18N2O. The Morgan fingerprint density at radius 1 is 1.41 bits per heavy atom. The first-order valence-electron chi connectivity index (χ1n) is 6.33. The summed E-state index contributed by atoms with van der Waals surface area (Å²) >= 11 is 0. The molecular weight excluding hydrogens is 212 g/mol. The van der Waals surface area contributed by atoms with E-state index in [1.165, 1.54) is 5.56 Å². The number of anilines is 1. The molecule has 3 unspecified atom stereocenters. The Kier molecular flexibility index (Phi) is 2.44. The van der Waals surface area contributed by atoms with E-state index >= 15 is 0 Å². The van der Waals surface area contributed by atoms with Crippen molar-refractivity contribution < 1.29 is 4.79 Å². The molecule has 3 N–H and O–H groups in total. The van der Waals surface area contributed by atoms with E-state index in [9.17, 15) is 4.79 Å². The molecule has 0 saturated heterocycles. The number of benzene rings is 1. The van der Waals surface area contributed by atoms with Crippen LogP contribution in [0.2, 0.25) is 0 Å². The van der Waals surface area contributed by atoms with E-state index in [2.05, 4.69) is 23.5 Å². The molecule has 0 radical (unpaired) electrons. The lowest BCUT2D eigenvalue weighted by Crippen LogP contribution is -2.47. The van der Waals surface area contributed by atoms with Gasteiger partial charge in [0.15, 0.2) is 0 Å². The van der Waals surface area contributed by atoms with Crippen molar-refractivity contribution in [2.24, 2.45) is 5.73 Å². The second-order valence-electron chi connectivity index (χ2n) is 5.32. The van der Waals surface area contributed by atoms with Gasteiger partial charge >= 0.3 is 0 Å². The molecule has 0 aromatic heterocycles. The summed E-state index contributed by atoms with van der Waals surface area (Å²) in [5, 5.41) is 3.34. The van der Waals surface area contributed by atoms with E-state index in [0.29, 0.717) is 0 Å². The summed E-state index contributed by atoms with van der Waals surface area (Å²) in [6.45, 7) is 0. The molecule has 1 aromatic rings. The molecule has 3 nitrogen and oxygen atoms in total. The molecule has 3 heteroatoms. The molecule has 3 rings (SSSR count). The molecule has 1 heterocycles. The van der Waals surface area contributed by atoms with Crippen molar-refractivity contribution in [1.82, 2.24) is 0 Å². The van der Waals surface area contributed by atoms with Gasteiger partial charge in [-0.3, -0.25) is 0 Å². The number of para-hydroxylation sites is 1. The zero-order valence-electron chi connectivity index (χ0n) is 9.86. The number of fused-ring (bicyclic) bond motifs is 2. The highest BCUT2D eigenvalue weighted by atomic mass is 16.1. The van der Waals surface area contributed by atoms with Crippen LogP contribution < -0.4 is 11.1 Å². The molecule has 1 aromatic carbocycles. The fourth-order valence-corrected chi connectivity index (χ4v) is 3.56. The number of aldehydes is 1. The van der Waals surface area contributed by atoms with Crippen LogP contribution in [0.3, 0.4) is 0 Å². The van der Waals surface area contributed by atoms with Gasteiger partial charge in [-0.25, -0.2) is 0 Å². The molecule has 1 aliphatic heterocycles. The van der Waals surface area contributed by atoms with Gasteiger partial charge in [-0.2, -0.15) is 0 Å². The normalized spacial score (nSPS) is 35.4. The van der Waals surface area contributed by atoms with Crippen molar-refractivity contribution in [1.29, 1.82) is 0 Å². The smallest absolute Gasteiger partial charge is 0.143 e. The molecule has 1 fully saturated rings. The fraction of sp³-hybridized carbons (Fsp3) is 0.500. The Hall–Kier alpha value is -1.35. The van der Waals surface area contributed by atoms with Gasteiger partial charge in [0.1, 0.15) is 6.29 Å². The molecule has 1 aliphatic carbocycles. The van der Waals surface area contributed by atoms with Gasteiger partial charge in [-0.05, 0) is 30.9 Å². The molecule has 0 amide bonds. The number of carbonyl (C=O) groups excluding carboxylic acids is 1. The quantitative estimate of drug-likeness (QED) is 0.723. The van der Waals surface area contributed by atoms with E-state index < -0.39 is 0 Å². The topological polar surface area (TPSA) is 55.1 Å². The largest absolute Gasteiger partial charge is 0.375 e. The van der Waals surface area contributed by atoms with E-state index in [1.54, 1.807) is 0 Å². The van der Waals surface area contributed by atoms with E-state index in [1.807, 2.05) is 6.07 Å². The van der Waals surface area contributed by atoms with Crippen molar-refractivity contribution in [2.45, 2.75) is 43.2 Å². The van der Waals surface area contributed by atoms with Crippen molar-refractivity contribution in [3.63, 3.8) is 0 Å². The summed E-state index contributed by atoms with van der Waals surface area (Å²) in [4.78, 5) is 11.4. The summed E-state index contributed by atoms with van der Waals surface area (Å²) < 4.78 is 0. The van der Waals surface area contributed by atoms with Crippen LogP contribution in [0, 0.1) is 0 Å². The first-order valence-corrected chi connectivity index (χ1v) is 6.33. The lowest BCUT2D eigenvalue weighted by Gasteiger charge is -2.39. The van der Waals surface area contributed by atoms with Gasteiger partial charge in [0.2, 0.25) is 0 Å². The Bertz CT molecular complexity index is 446. The van der Waals surface area contributed by atoms with Gasteiger partial charge in [0, 0.05) is 17.1 Å². The summed E-state index contributed by atoms with van der Waals surface area (Å²) in [5.74, 6) is 0. The number of nitrogens with one attached hydrogen (secondary N) is 1. The third kappa shape index (κ3) is 1.49. The van der Waals surface area contributed by atoms with Gasteiger partial charge in [0.05, 0.1) is 6.04 Å². The minimum Gasteiger partial charge on any atom is -0.375 e. The van der Waals surface area contributed by atoms with Crippen molar-refractivity contribution in [3.05, 3.63) is 29.8 Å². The highest BCUT2D eigenvalue weighted by molar-refractivity contribution is 5.76. The summed E-state index contributed by atoms with van der Waals surface area (Å²) in [7, 11) is 0. The first kappa shape index (κ1) is 10.8. The van der Waals surface area contributed by atoms with Gasteiger partial charge in [0.25, 0.3) is 0 Å². The number of rotatable bonds is 1. The Labute approximate surface area is 101 Å². The Morgan fingerprint density at radius 3 is 3.00 bits per heavy atom. The van der Waals surface area contributed by atoms with E-state index in [4.69, 9.17) is 5.73 Å². The van der Waals surface area contributed by atoms with Crippen LogP contribution in [0.5, 0.6) is 0 Å². The van der Waals surface area contributed by atoms with Gasteiger partial charge < -0.3 is 15.8 Å². The van der Waals surface area contributed by atoms with Crippen LogP contribution in [0.1, 0.15) is 31.2 Å². The highest BCUT2D eigenvalue weighted by Crippen LogP contribution is 2.49. The van der Waals surface area contributed by atoms with Crippen molar-refractivity contribution in [3.8, 4) is 0 Å². The number of carbonyl (C=O) groups is 1. The SMILES string of the molecule is NC1CCCC2(C1)c1ccccc1NC2C=O. The van der Waals surface area contributed by atoms with Crippen LogP contribution in [0.25, 0.3) is 0 Å². The van der Waals surface area contributed by atoms with Crippen LogP contribution in [0.4, 0.5) is 5.69 Å². The van der Waals surface area contributed by atoms with E-state index in [-0.39, 0.29) is 17.5 Å². The summed E-state index contributed by atoms with van der Waals surface area (Å²) in [6, 6.07) is 8.38. The molecule has 17 heavy (non-hydrogen) atoms. The van der Waals surface area contributed by atoms with Crippen molar-refractivity contribution >= 4 is 12.0 Å². The maximum absolute atomic E-state index is 11.4. The van der Waals surface area contributed by atoms with Crippen LogP contribution in [0.15, 0.2) is 24.3 Å². The predicted molar refractivity (Wildman–Crippen MR) is 68.0 cm³/mol. The summed E-state index contributed by atoms with van der Waals surface area (Å²) in [6.07, 6.45) is 5.23. The first-order chi connectivity index (χ1) is 8.26. The van der Waals surface area contributed by atoms with Crippen LogP contribution in [-0.4, -0.2) is 18.4 Å². The monoisotopic (exact) mass is 230 g/mol. The average Bonchev–Trinajstić information content (AvgIpc) is 2.64. The maximum atomic E-state index is 11.4. The lowest BCUT2D eigenvalue weighted by molar-refractivity contribution is -0.109. The van der Waals surface area contributed by atoms with Crippen LogP contribution in [-0.2, 0) is 10.2 Å². The second kappa shape index (κ2) is 3.84. The standard InChI is InChI=1S/C14H18N2O/c15-10-4-3-7-14(8-10)11-5-1-2-6-12(11)16-13(14)9-17/h1-2,5-6,9-10,13,16H,3-4,7-8,15H2. The Balaban J connectivity index is 2.08. The van der Waals surface area contributed by atoms with Gasteiger partial charge in [-0.1, -0.05) is 24.6 Å². The minimum absolute atomic E-state index is 0.0595. The van der Waals surface area contributed by atoms with E-state index in [0.717, 1.165) is 37.7 Å². The molecule has 3 atom stereocenters. The fourth-order valence-electron chi connectivity index (χ4n) is 3.56. The number of hydrogen-bond acceptors (Lipinski definition) is 3. The summed E-state index contributed by atoms with van der Waals surface area (Å²) in [5.41, 5.74) is 8.45. The maximum Gasteiger partial charge on any atom is 0.143 e. The predicted octanol–water partition coefficient (Wildman–Crippen LogP) is 1.82. The number of nitrogens with two attached hydrogens (primary N) is 1. The molecule has 0 bridgehead atoms. The molecule has 1 spiro atoms. The number of hydrogen-bond donors (Lipinski definition) is 2. The molecule has 2 aliphatic rings. The molecule has 90 valence electrons. The minimum atomic E-state index is -0.105. The third-order valence-electron chi connectivity index (χ3n) is 4.33. The van der Waals surface area contributed by atoms with Gasteiger partial charge in [-0.15, -0.1) is 0 Å².